The predicted octanol–water partition coefficient (Wildman–Crippen LogP) is 6.32. The molecule has 0 saturated heterocycles. The maximum atomic E-state index is 12.5. The van der Waals surface area contributed by atoms with Crippen LogP contribution in [0.25, 0.3) is 0 Å². The zero-order valence-corrected chi connectivity index (χ0v) is 16.4. The van der Waals surface area contributed by atoms with Gasteiger partial charge in [-0.3, -0.25) is 4.79 Å². The first kappa shape index (κ1) is 18.3. The van der Waals surface area contributed by atoms with Gasteiger partial charge in [0.2, 0.25) is 0 Å². The van der Waals surface area contributed by atoms with Crippen molar-refractivity contribution in [2.24, 2.45) is 0 Å². The lowest BCUT2D eigenvalue weighted by atomic mass is 10.1. The Bertz CT molecular complexity index is 945. The molecule has 0 heterocycles. The zero-order valence-electron chi connectivity index (χ0n) is 15.6. The van der Waals surface area contributed by atoms with Crippen molar-refractivity contribution < 1.29 is 4.79 Å². The summed E-state index contributed by atoms with van der Waals surface area (Å²) in [5.41, 5.74) is 6.15. The Morgan fingerprint density at radius 2 is 1.42 bits per heavy atom. The first-order chi connectivity index (χ1) is 12.4. The number of carbonyl (C=O) groups is 1. The van der Waals surface area contributed by atoms with E-state index in [0.717, 1.165) is 27.3 Å². The van der Waals surface area contributed by atoms with Gasteiger partial charge in [-0.25, -0.2) is 0 Å². The highest BCUT2D eigenvalue weighted by atomic mass is 32.2. The number of rotatable bonds is 4. The van der Waals surface area contributed by atoms with E-state index in [2.05, 4.69) is 37.4 Å². The Kier molecular flexibility index (Phi) is 5.48. The second-order valence-electron chi connectivity index (χ2n) is 6.67. The molecule has 1 N–H and O–H groups in total. The van der Waals surface area contributed by atoms with E-state index < -0.39 is 0 Å². The summed E-state index contributed by atoms with van der Waals surface area (Å²) >= 11 is 1.74. The van der Waals surface area contributed by atoms with Gasteiger partial charge in [-0.05, 0) is 75.2 Å². The smallest absolute Gasteiger partial charge is 0.255 e. The number of benzene rings is 3. The third kappa shape index (κ3) is 4.36. The van der Waals surface area contributed by atoms with Crippen LogP contribution in [0.1, 0.15) is 32.6 Å². The third-order valence-electron chi connectivity index (χ3n) is 4.31. The van der Waals surface area contributed by atoms with Crippen LogP contribution in [0.2, 0.25) is 0 Å². The Labute approximate surface area is 159 Å². The lowest BCUT2D eigenvalue weighted by Gasteiger charge is -2.10. The van der Waals surface area contributed by atoms with Gasteiger partial charge < -0.3 is 5.32 Å². The van der Waals surface area contributed by atoms with Gasteiger partial charge in [0.25, 0.3) is 5.91 Å². The van der Waals surface area contributed by atoms with Gasteiger partial charge >= 0.3 is 0 Å². The van der Waals surface area contributed by atoms with Crippen LogP contribution in [-0.2, 0) is 0 Å². The molecule has 0 fully saturated rings. The summed E-state index contributed by atoms with van der Waals surface area (Å²) in [5, 5.41) is 2.99. The number of hydrogen-bond acceptors (Lipinski definition) is 2. The van der Waals surface area contributed by atoms with Crippen molar-refractivity contribution >= 4 is 23.4 Å². The van der Waals surface area contributed by atoms with E-state index in [1.54, 1.807) is 11.8 Å². The molecule has 0 aliphatic carbocycles. The quantitative estimate of drug-likeness (QED) is 0.589. The van der Waals surface area contributed by atoms with Crippen molar-refractivity contribution in [3.05, 3.63) is 88.5 Å². The minimum absolute atomic E-state index is 0.0685. The summed E-state index contributed by atoms with van der Waals surface area (Å²) in [7, 11) is 0. The summed E-state index contributed by atoms with van der Waals surface area (Å²) in [6.07, 6.45) is 0. The van der Waals surface area contributed by atoms with Crippen LogP contribution in [0, 0.1) is 27.7 Å². The molecule has 0 aromatic heterocycles. The fourth-order valence-corrected chi connectivity index (χ4v) is 3.71. The highest BCUT2D eigenvalue weighted by Gasteiger charge is 2.10. The van der Waals surface area contributed by atoms with Crippen molar-refractivity contribution in [3.63, 3.8) is 0 Å². The van der Waals surface area contributed by atoms with Crippen LogP contribution in [0.3, 0.4) is 0 Å². The van der Waals surface area contributed by atoms with Crippen LogP contribution >= 0.6 is 11.8 Å². The van der Waals surface area contributed by atoms with E-state index in [1.807, 2.05) is 56.3 Å². The van der Waals surface area contributed by atoms with Crippen LogP contribution in [0.15, 0.2) is 70.5 Å². The average Bonchev–Trinajstić information content (AvgIpc) is 2.61. The largest absolute Gasteiger partial charge is 0.322 e. The summed E-state index contributed by atoms with van der Waals surface area (Å²) in [6, 6.07) is 20.4. The summed E-state index contributed by atoms with van der Waals surface area (Å²) < 4.78 is 0. The SMILES string of the molecule is Cc1ccc(Sc2ccc(NC(=O)c3cc(C)ccc3C)cc2)c(C)c1. The number of anilines is 1. The summed E-state index contributed by atoms with van der Waals surface area (Å²) in [6.45, 7) is 8.19. The van der Waals surface area contributed by atoms with E-state index in [4.69, 9.17) is 0 Å². The Morgan fingerprint density at radius 1 is 0.769 bits per heavy atom. The van der Waals surface area contributed by atoms with Crippen LogP contribution in [-0.4, -0.2) is 5.91 Å². The fourth-order valence-electron chi connectivity index (χ4n) is 2.83. The van der Waals surface area contributed by atoms with Crippen molar-refractivity contribution in [2.45, 2.75) is 37.5 Å². The lowest BCUT2D eigenvalue weighted by Crippen LogP contribution is -2.13. The Hall–Kier alpha value is -2.52. The first-order valence-electron chi connectivity index (χ1n) is 8.66. The molecule has 2 nitrogen and oxygen atoms in total. The molecule has 3 rings (SSSR count). The summed E-state index contributed by atoms with van der Waals surface area (Å²) in [4.78, 5) is 14.9. The van der Waals surface area contributed by atoms with Crippen molar-refractivity contribution in [1.29, 1.82) is 0 Å². The Morgan fingerprint density at radius 3 is 2.12 bits per heavy atom. The molecule has 132 valence electrons. The molecule has 0 unspecified atom stereocenters. The molecule has 3 aromatic carbocycles. The molecule has 0 radical (unpaired) electrons. The van der Waals surface area contributed by atoms with Crippen molar-refractivity contribution in [2.75, 3.05) is 5.32 Å². The molecule has 0 bridgehead atoms. The summed E-state index contributed by atoms with van der Waals surface area (Å²) in [5.74, 6) is -0.0685. The van der Waals surface area contributed by atoms with Gasteiger partial charge in [0.05, 0.1) is 0 Å². The maximum Gasteiger partial charge on any atom is 0.255 e. The topological polar surface area (TPSA) is 29.1 Å². The second kappa shape index (κ2) is 7.79. The van der Waals surface area contributed by atoms with Gasteiger partial charge in [-0.15, -0.1) is 0 Å². The van der Waals surface area contributed by atoms with Crippen LogP contribution < -0.4 is 5.32 Å². The van der Waals surface area contributed by atoms with Gasteiger partial charge in [-0.1, -0.05) is 47.2 Å². The fraction of sp³-hybridized carbons (Fsp3) is 0.174. The molecular formula is C23H23NOS. The molecule has 0 atom stereocenters. The molecule has 0 saturated carbocycles. The number of aryl methyl sites for hydroxylation is 4. The van der Waals surface area contributed by atoms with Crippen molar-refractivity contribution in [3.8, 4) is 0 Å². The van der Waals surface area contributed by atoms with Gasteiger partial charge in [0, 0.05) is 21.0 Å². The Balaban J connectivity index is 1.71. The standard InChI is InChI=1S/C23H23NOS/c1-15-6-12-22(18(4)13-15)26-20-10-8-19(9-11-20)24-23(25)21-14-16(2)5-7-17(21)3/h5-14H,1-4H3,(H,24,25). The molecular weight excluding hydrogens is 338 g/mol. The monoisotopic (exact) mass is 361 g/mol. The van der Waals surface area contributed by atoms with Gasteiger partial charge in [-0.2, -0.15) is 0 Å². The first-order valence-corrected chi connectivity index (χ1v) is 9.48. The molecule has 1 amide bonds. The number of nitrogens with one attached hydrogen (secondary N) is 1. The van der Waals surface area contributed by atoms with E-state index in [0.29, 0.717) is 0 Å². The minimum atomic E-state index is -0.0685. The molecule has 26 heavy (non-hydrogen) atoms. The maximum absolute atomic E-state index is 12.5. The molecule has 3 heteroatoms. The third-order valence-corrected chi connectivity index (χ3v) is 5.49. The van der Waals surface area contributed by atoms with E-state index in [1.165, 1.54) is 16.0 Å². The highest BCUT2D eigenvalue weighted by Crippen LogP contribution is 2.31. The molecule has 3 aromatic rings. The number of hydrogen-bond donors (Lipinski definition) is 1. The average molecular weight is 362 g/mol. The van der Waals surface area contributed by atoms with E-state index >= 15 is 0 Å². The highest BCUT2D eigenvalue weighted by molar-refractivity contribution is 7.99. The molecule has 0 spiro atoms. The lowest BCUT2D eigenvalue weighted by molar-refractivity contribution is 0.102. The second-order valence-corrected chi connectivity index (χ2v) is 7.78. The molecule has 0 aliphatic rings. The number of amides is 1. The van der Waals surface area contributed by atoms with E-state index in [-0.39, 0.29) is 5.91 Å². The predicted molar refractivity (Wildman–Crippen MR) is 110 cm³/mol. The minimum Gasteiger partial charge on any atom is -0.322 e. The van der Waals surface area contributed by atoms with Crippen LogP contribution in [0.5, 0.6) is 0 Å². The van der Waals surface area contributed by atoms with Gasteiger partial charge in [0.15, 0.2) is 0 Å². The van der Waals surface area contributed by atoms with Gasteiger partial charge in [0.1, 0.15) is 0 Å². The van der Waals surface area contributed by atoms with Crippen molar-refractivity contribution in [1.82, 2.24) is 0 Å². The van der Waals surface area contributed by atoms with Crippen LogP contribution in [0.4, 0.5) is 5.69 Å². The van der Waals surface area contributed by atoms with E-state index in [9.17, 15) is 4.79 Å². The number of carbonyl (C=O) groups excluding carboxylic acids is 1. The molecule has 0 aliphatic heterocycles. The normalized spacial score (nSPS) is 10.6. The zero-order chi connectivity index (χ0) is 18.7.